The van der Waals surface area contributed by atoms with Crippen molar-refractivity contribution in [1.82, 2.24) is 25.0 Å². The number of anilines is 3. The summed E-state index contributed by atoms with van der Waals surface area (Å²) in [4.78, 5) is 87.5. The Bertz CT molecular complexity index is 2660. The van der Waals surface area contributed by atoms with E-state index < -0.39 is 47.4 Å². The van der Waals surface area contributed by atoms with Crippen molar-refractivity contribution in [1.29, 1.82) is 0 Å². The molecule has 0 bridgehead atoms. The van der Waals surface area contributed by atoms with Gasteiger partial charge in [-0.05, 0) is 78.6 Å². The smallest absolute Gasteiger partial charge is 0.263 e. The fourth-order valence-corrected chi connectivity index (χ4v) is 9.22. The van der Waals surface area contributed by atoms with Crippen molar-refractivity contribution in [3.8, 4) is 16.9 Å². The van der Waals surface area contributed by atoms with Crippen LogP contribution in [0.25, 0.3) is 11.1 Å². The zero-order chi connectivity index (χ0) is 47.7. The van der Waals surface area contributed by atoms with Crippen LogP contribution in [-0.4, -0.2) is 132 Å². The number of imide groups is 2. The van der Waals surface area contributed by atoms with Gasteiger partial charge in [0.25, 0.3) is 23.6 Å². The number of hydrogen-bond acceptors (Lipinski definition) is 14. The van der Waals surface area contributed by atoms with Crippen LogP contribution in [0.4, 0.5) is 20.9 Å². The number of carbonyl (C=O) groups excluding carboxylic acids is 6. The molecule has 2 atom stereocenters. The molecule has 354 valence electrons. The number of rotatable bonds is 21. The van der Waals surface area contributed by atoms with Gasteiger partial charge >= 0.3 is 0 Å². The van der Waals surface area contributed by atoms with E-state index in [1.165, 1.54) is 28.5 Å². The van der Waals surface area contributed by atoms with Gasteiger partial charge in [-0.3, -0.25) is 49.2 Å². The van der Waals surface area contributed by atoms with Crippen LogP contribution in [0.2, 0.25) is 0 Å². The summed E-state index contributed by atoms with van der Waals surface area (Å²) in [6.07, 6.45) is 2.07. The highest BCUT2D eigenvalue weighted by molar-refractivity contribution is 7.13. The fraction of sp³-hybridized carbons (Fsp3) is 0.327. The number of halogens is 1. The van der Waals surface area contributed by atoms with E-state index in [1.54, 1.807) is 30.5 Å². The van der Waals surface area contributed by atoms with Gasteiger partial charge in [-0.25, -0.2) is 9.37 Å². The van der Waals surface area contributed by atoms with Gasteiger partial charge in [-0.2, -0.15) is 0 Å². The monoisotopic (exact) mass is 946 g/mol. The number of aromatic hydroxyl groups is 1. The Morgan fingerprint density at radius 2 is 1.65 bits per heavy atom. The lowest BCUT2D eigenvalue weighted by Gasteiger charge is -2.36. The Morgan fingerprint density at radius 3 is 2.40 bits per heavy atom. The molecule has 4 heterocycles. The van der Waals surface area contributed by atoms with Crippen LogP contribution in [0.3, 0.4) is 0 Å². The highest BCUT2D eigenvalue weighted by Crippen LogP contribution is 2.38. The summed E-state index contributed by atoms with van der Waals surface area (Å²) in [7, 11) is 0. The third-order valence-electron chi connectivity index (χ3n) is 12.3. The number of phenolic OH excluding ortho intramolecular Hbond substituents is 1. The van der Waals surface area contributed by atoms with Crippen LogP contribution >= 0.6 is 11.3 Å². The first-order chi connectivity index (χ1) is 33.0. The maximum absolute atomic E-state index is 14.4. The van der Waals surface area contributed by atoms with E-state index in [-0.39, 0.29) is 30.7 Å². The molecule has 5 aromatic rings. The molecule has 1 fully saturated rings. The van der Waals surface area contributed by atoms with Crippen molar-refractivity contribution >= 4 is 63.8 Å². The van der Waals surface area contributed by atoms with Crippen LogP contribution in [0.5, 0.6) is 5.75 Å². The second-order valence-corrected chi connectivity index (χ2v) is 17.4. The highest BCUT2D eigenvalue weighted by atomic mass is 32.1. The van der Waals surface area contributed by atoms with E-state index in [0.717, 1.165) is 66.6 Å². The Morgan fingerprint density at radius 1 is 0.882 bits per heavy atom. The Balaban J connectivity index is 0.746. The summed E-state index contributed by atoms with van der Waals surface area (Å²) in [6.45, 7) is 8.18. The average molecular weight is 947 g/mol. The quantitative estimate of drug-likeness (QED) is 0.0420. The van der Waals surface area contributed by atoms with Crippen LogP contribution in [0, 0.1) is 5.82 Å². The van der Waals surface area contributed by atoms with Crippen LogP contribution in [-0.2, 0) is 30.4 Å². The van der Waals surface area contributed by atoms with Crippen LogP contribution in [0.1, 0.15) is 68.0 Å². The maximum atomic E-state index is 14.4. The lowest BCUT2D eigenvalue weighted by molar-refractivity contribution is -0.125. The summed E-state index contributed by atoms with van der Waals surface area (Å²) in [6, 6.07) is 20.4. The molecule has 4 aromatic carbocycles. The molecule has 3 aliphatic rings. The Hall–Kier alpha value is -7.06. The number of aromatic nitrogens is 1. The minimum Gasteiger partial charge on any atom is -0.508 e. The first-order valence-corrected chi connectivity index (χ1v) is 23.2. The van der Waals surface area contributed by atoms with Gasteiger partial charge in [0.2, 0.25) is 12.3 Å². The molecule has 1 saturated heterocycles. The predicted octanol–water partition coefficient (Wildman–Crippen LogP) is 5.30. The van der Waals surface area contributed by atoms with E-state index in [9.17, 15) is 38.3 Å². The van der Waals surface area contributed by atoms with E-state index in [1.807, 2.05) is 30.3 Å². The summed E-state index contributed by atoms with van der Waals surface area (Å²) in [5.41, 5.74) is 5.09. The number of piperazine rings is 1. The van der Waals surface area contributed by atoms with Crippen molar-refractivity contribution in [2.75, 3.05) is 81.2 Å². The fourth-order valence-electron chi connectivity index (χ4n) is 8.69. The van der Waals surface area contributed by atoms with Crippen molar-refractivity contribution in [2.24, 2.45) is 0 Å². The SMILES string of the molecule is CC(CCC(=O)NC=O)N1C(=O)c2cccc(NCCOCCOCCN3CCN(c4ccc(-c5ccc6c(c5)C(=O)N(C(C(=O)Nc5nccs5)c5cc(F)ccc5O)C6)cc4)CC3)c2C1=O. The van der Waals surface area contributed by atoms with Crippen molar-refractivity contribution in [3.05, 3.63) is 124 Å². The van der Waals surface area contributed by atoms with E-state index in [2.05, 4.69) is 42.9 Å². The van der Waals surface area contributed by atoms with Crippen LogP contribution in [0.15, 0.2) is 90.4 Å². The number of nitrogens with one attached hydrogen (secondary N) is 3. The molecule has 2 unspecified atom stereocenters. The number of thiazole rings is 1. The average Bonchev–Trinajstić information content (AvgIpc) is 4.05. The third kappa shape index (κ3) is 10.7. The zero-order valence-corrected chi connectivity index (χ0v) is 38.1. The zero-order valence-electron chi connectivity index (χ0n) is 37.3. The molecule has 0 radical (unpaired) electrons. The third-order valence-corrected chi connectivity index (χ3v) is 13.0. The lowest BCUT2D eigenvalue weighted by atomic mass is 10.00. The molecule has 4 N–H and O–H groups in total. The van der Waals surface area contributed by atoms with Gasteiger partial charge < -0.3 is 29.7 Å². The number of nitrogens with zero attached hydrogens (tertiary/aromatic N) is 5. The first kappa shape index (κ1) is 47.4. The molecule has 0 spiro atoms. The molecule has 68 heavy (non-hydrogen) atoms. The van der Waals surface area contributed by atoms with Gasteiger partial charge in [0.05, 0.1) is 37.6 Å². The minimum atomic E-state index is -1.31. The number of benzene rings is 4. The Labute approximate surface area is 395 Å². The molecular weight excluding hydrogens is 896 g/mol. The number of fused-ring (bicyclic) bond motifs is 2. The predicted molar refractivity (Wildman–Crippen MR) is 252 cm³/mol. The van der Waals surface area contributed by atoms with E-state index in [0.29, 0.717) is 72.5 Å². The summed E-state index contributed by atoms with van der Waals surface area (Å²) >= 11 is 1.20. The number of phenols is 1. The largest absolute Gasteiger partial charge is 0.508 e. The highest BCUT2D eigenvalue weighted by Gasteiger charge is 2.41. The lowest BCUT2D eigenvalue weighted by Crippen LogP contribution is -2.47. The molecule has 0 saturated carbocycles. The molecule has 6 amide bonds. The van der Waals surface area contributed by atoms with Crippen LogP contribution < -0.4 is 20.9 Å². The van der Waals surface area contributed by atoms with Crippen molar-refractivity contribution < 1.29 is 47.7 Å². The topological polar surface area (TPSA) is 203 Å². The second kappa shape index (κ2) is 21.7. The molecule has 19 heteroatoms. The van der Waals surface area contributed by atoms with Gasteiger partial charge in [-0.15, -0.1) is 11.3 Å². The van der Waals surface area contributed by atoms with Crippen molar-refractivity contribution in [3.63, 3.8) is 0 Å². The molecule has 0 aliphatic carbocycles. The maximum Gasteiger partial charge on any atom is 0.263 e. The molecule has 3 aliphatic heterocycles. The number of hydrogen-bond donors (Lipinski definition) is 4. The van der Waals surface area contributed by atoms with Gasteiger partial charge in [0.15, 0.2) is 5.13 Å². The number of amides is 6. The summed E-state index contributed by atoms with van der Waals surface area (Å²) in [5.74, 6) is -3.29. The minimum absolute atomic E-state index is 0.00280. The molecule has 17 nitrogen and oxygen atoms in total. The molecule has 8 rings (SSSR count). The normalized spacial score (nSPS) is 15.6. The van der Waals surface area contributed by atoms with E-state index in [4.69, 9.17) is 9.47 Å². The molecular formula is C49H51FN8O9S. The second-order valence-electron chi connectivity index (χ2n) is 16.5. The number of carbonyl (C=O) groups is 6. The van der Waals surface area contributed by atoms with E-state index >= 15 is 0 Å². The molecule has 1 aromatic heterocycles. The van der Waals surface area contributed by atoms with Gasteiger partial charge in [0, 0.05) is 92.4 Å². The van der Waals surface area contributed by atoms with Crippen molar-refractivity contribution in [2.45, 2.75) is 38.4 Å². The van der Waals surface area contributed by atoms with Gasteiger partial charge in [-0.1, -0.05) is 30.3 Å². The Kier molecular flexibility index (Phi) is 15.1. The standard InChI is InChI=1S/C49H51FN8O9S/c1-31(5-14-42(61)53-30-59)58-47(64)37-3-2-4-40(43(37)48(58)65)51-15-22-66-24-25-67-23-21-55-17-19-56(20-18-55)36-11-8-32(9-12-36)33-6-7-34-29-57(46(63)38(34)27-33)44(39-28-35(50)10-13-41(39)60)45(62)54-49-52-16-26-68-49/h2-4,6-13,16,26-28,30-31,44,51,60H,5,14-15,17-25,29H2,1H3,(H,52,54,62)(H,53,59,61). The summed E-state index contributed by atoms with van der Waals surface area (Å²) < 4.78 is 26.0. The summed E-state index contributed by atoms with van der Waals surface area (Å²) in [5, 5.41) is 20.7. The van der Waals surface area contributed by atoms with Gasteiger partial charge in [0.1, 0.15) is 17.6 Å². The number of ether oxygens (including phenoxy) is 2. The first-order valence-electron chi connectivity index (χ1n) is 22.3.